The molecule has 0 spiro atoms. The van der Waals surface area contributed by atoms with E-state index in [0.29, 0.717) is 16.6 Å². The van der Waals surface area contributed by atoms with E-state index in [0.717, 1.165) is 11.4 Å². The third kappa shape index (κ3) is 2.74. The number of anilines is 1. The molecule has 1 aromatic carbocycles. The van der Waals surface area contributed by atoms with Crippen molar-refractivity contribution in [1.82, 2.24) is 9.97 Å². The summed E-state index contributed by atoms with van der Waals surface area (Å²) in [6.07, 6.45) is 0.722. The monoisotopic (exact) mass is 341 g/mol. The Balaban J connectivity index is 1.49. The van der Waals surface area contributed by atoms with Gasteiger partial charge in [0.2, 0.25) is 6.10 Å². The lowest BCUT2D eigenvalue weighted by atomic mass is 10.1. The van der Waals surface area contributed by atoms with Crippen LogP contribution in [0.2, 0.25) is 0 Å². The number of para-hydroxylation sites is 2. The highest BCUT2D eigenvalue weighted by atomic mass is 32.1. The van der Waals surface area contributed by atoms with Crippen LogP contribution in [0.25, 0.3) is 11.4 Å². The molecule has 1 aliphatic rings. The summed E-state index contributed by atoms with van der Waals surface area (Å²) in [5.74, 6) is 0.948. The summed E-state index contributed by atoms with van der Waals surface area (Å²) in [4.78, 5) is 20.0. The number of benzene rings is 1. The van der Waals surface area contributed by atoms with Crippen molar-refractivity contribution in [2.24, 2.45) is 0 Å². The fourth-order valence-corrected chi connectivity index (χ4v) is 3.24. The zero-order chi connectivity index (χ0) is 16.5. The van der Waals surface area contributed by atoms with Gasteiger partial charge in [0.1, 0.15) is 6.10 Å². The number of H-pyrrole nitrogens is 1. The number of fused-ring (bicyclic) bond motifs is 1. The summed E-state index contributed by atoms with van der Waals surface area (Å²) in [5.41, 5.74) is 1.70. The first kappa shape index (κ1) is 14.8. The van der Waals surface area contributed by atoms with Crippen molar-refractivity contribution < 1.29 is 14.3 Å². The minimum absolute atomic E-state index is 0.274. The van der Waals surface area contributed by atoms with Gasteiger partial charge in [-0.25, -0.2) is 4.98 Å². The number of aromatic nitrogens is 2. The standard InChI is InChI=1S/C17H15N3O3S/c1-10-15(23-14-7-3-2-6-13(14)22-10)16(21)20-17-19-12(9-24-17)11-5-4-8-18-11/h2-10,15,18H,1H3,(H,19,20,21)/t10-,15-/m1/s1. The molecule has 2 N–H and O–H groups in total. The average molecular weight is 341 g/mol. The molecule has 0 saturated carbocycles. The van der Waals surface area contributed by atoms with E-state index in [9.17, 15) is 4.79 Å². The van der Waals surface area contributed by atoms with Gasteiger partial charge in [-0.3, -0.25) is 10.1 Å². The van der Waals surface area contributed by atoms with E-state index in [1.54, 1.807) is 6.07 Å². The molecule has 0 fully saturated rings. The van der Waals surface area contributed by atoms with Crippen molar-refractivity contribution in [1.29, 1.82) is 0 Å². The number of carbonyl (C=O) groups is 1. The first-order valence-corrected chi connectivity index (χ1v) is 8.41. The minimum atomic E-state index is -0.724. The Morgan fingerprint density at radius 2 is 2.00 bits per heavy atom. The molecule has 0 unspecified atom stereocenters. The molecule has 1 aliphatic heterocycles. The van der Waals surface area contributed by atoms with E-state index in [1.165, 1.54) is 11.3 Å². The van der Waals surface area contributed by atoms with Gasteiger partial charge in [0.25, 0.3) is 5.91 Å². The maximum atomic E-state index is 12.5. The van der Waals surface area contributed by atoms with Crippen LogP contribution in [0.5, 0.6) is 11.5 Å². The Labute approximate surface area is 142 Å². The lowest BCUT2D eigenvalue weighted by Gasteiger charge is -2.30. The second-order valence-electron chi connectivity index (χ2n) is 5.42. The van der Waals surface area contributed by atoms with Crippen molar-refractivity contribution >= 4 is 22.4 Å². The lowest BCUT2D eigenvalue weighted by molar-refractivity contribution is -0.128. The van der Waals surface area contributed by atoms with Crippen LogP contribution < -0.4 is 14.8 Å². The number of nitrogens with one attached hydrogen (secondary N) is 2. The number of nitrogens with zero attached hydrogens (tertiary/aromatic N) is 1. The molecule has 122 valence electrons. The average Bonchev–Trinajstić information content (AvgIpc) is 3.25. The van der Waals surface area contributed by atoms with Gasteiger partial charge in [0.05, 0.1) is 11.4 Å². The van der Waals surface area contributed by atoms with Crippen molar-refractivity contribution in [2.75, 3.05) is 5.32 Å². The van der Waals surface area contributed by atoms with E-state index in [4.69, 9.17) is 9.47 Å². The third-order valence-corrected chi connectivity index (χ3v) is 4.47. The van der Waals surface area contributed by atoms with Crippen LogP contribution in [-0.2, 0) is 4.79 Å². The molecule has 0 aliphatic carbocycles. The first-order chi connectivity index (χ1) is 11.7. The molecule has 24 heavy (non-hydrogen) atoms. The fraction of sp³-hybridized carbons (Fsp3) is 0.176. The highest BCUT2D eigenvalue weighted by molar-refractivity contribution is 7.14. The topological polar surface area (TPSA) is 76.2 Å². The number of amides is 1. The van der Waals surface area contributed by atoms with Crippen LogP contribution in [0, 0.1) is 0 Å². The maximum Gasteiger partial charge on any atom is 0.271 e. The zero-order valence-corrected chi connectivity index (χ0v) is 13.7. The number of aromatic amines is 1. The summed E-state index contributed by atoms with van der Waals surface area (Å²) in [5, 5.41) is 5.22. The summed E-state index contributed by atoms with van der Waals surface area (Å²) in [7, 11) is 0. The van der Waals surface area contributed by atoms with E-state index in [1.807, 2.05) is 48.8 Å². The smallest absolute Gasteiger partial charge is 0.271 e. The number of carbonyl (C=O) groups excluding carboxylic acids is 1. The van der Waals surface area contributed by atoms with Gasteiger partial charge in [-0.05, 0) is 31.2 Å². The zero-order valence-electron chi connectivity index (χ0n) is 12.9. The lowest BCUT2D eigenvalue weighted by Crippen LogP contribution is -2.46. The SMILES string of the molecule is C[C@H]1Oc2ccccc2O[C@H]1C(=O)Nc1nc(-c2ccc[nH]2)cs1. The highest BCUT2D eigenvalue weighted by Gasteiger charge is 2.34. The Kier molecular flexibility index (Phi) is 3.70. The molecule has 7 heteroatoms. The van der Waals surface area contributed by atoms with Gasteiger partial charge in [-0.2, -0.15) is 0 Å². The number of hydrogen-bond donors (Lipinski definition) is 2. The predicted octanol–water partition coefficient (Wildman–Crippen LogP) is 3.31. The van der Waals surface area contributed by atoms with Crippen molar-refractivity contribution in [2.45, 2.75) is 19.1 Å². The summed E-state index contributed by atoms with van der Waals surface area (Å²) in [6.45, 7) is 1.81. The molecule has 3 aromatic rings. The molecular weight excluding hydrogens is 326 g/mol. The third-order valence-electron chi connectivity index (χ3n) is 3.71. The molecule has 3 heterocycles. The molecule has 6 nitrogen and oxygen atoms in total. The first-order valence-electron chi connectivity index (χ1n) is 7.53. The van der Waals surface area contributed by atoms with E-state index in [2.05, 4.69) is 15.3 Å². The molecular formula is C17H15N3O3S. The predicted molar refractivity (Wildman–Crippen MR) is 91.5 cm³/mol. The molecule has 2 atom stereocenters. The van der Waals surface area contributed by atoms with Gasteiger partial charge < -0.3 is 14.5 Å². The number of ether oxygens (including phenoxy) is 2. The Morgan fingerprint density at radius 1 is 1.21 bits per heavy atom. The number of thiazole rings is 1. The van der Waals surface area contributed by atoms with Crippen molar-refractivity contribution in [3.8, 4) is 22.9 Å². The molecule has 2 aromatic heterocycles. The minimum Gasteiger partial charge on any atom is -0.482 e. The molecule has 0 bridgehead atoms. The maximum absolute atomic E-state index is 12.5. The van der Waals surface area contributed by atoms with E-state index < -0.39 is 6.10 Å². The Morgan fingerprint density at radius 3 is 2.75 bits per heavy atom. The van der Waals surface area contributed by atoms with Gasteiger partial charge in [-0.15, -0.1) is 11.3 Å². The van der Waals surface area contributed by atoms with Crippen LogP contribution in [0.1, 0.15) is 6.92 Å². The second kappa shape index (κ2) is 6.01. The molecule has 0 radical (unpaired) electrons. The highest BCUT2D eigenvalue weighted by Crippen LogP contribution is 2.34. The fourth-order valence-electron chi connectivity index (χ4n) is 2.53. The van der Waals surface area contributed by atoms with Crippen LogP contribution in [0.15, 0.2) is 48.0 Å². The van der Waals surface area contributed by atoms with Gasteiger partial charge >= 0.3 is 0 Å². The normalized spacial score (nSPS) is 19.0. The molecule has 0 saturated heterocycles. The van der Waals surface area contributed by atoms with Crippen molar-refractivity contribution in [3.63, 3.8) is 0 Å². The van der Waals surface area contributed by atoms with Gasteiger partial charge in [0.15, 0.2) is 16.6 Å². The summed E-state index contributed by atoms with van der Waals surface area (Å²) < 4.78 is 11.6. The number of hydrogen-bond acceptors (Lipinski definition) is 5. The molecule has 4 rings (SSSR count). The summed E-state index contributed by atoms with van der Waals surface area (Å²) in [6, 6.07) is 11.2. The van der Waals surface area contributed by atoms with E-state index >= 15 is 0 Å². The molecule has 1 amide bonds. The van der Waals surface area contributed by atoms with Crippen LogP contribution in [0.4, 0.5) is 5.13 Å². The van der Waals surface area contributed by atoms with Crippen LogP contribution >= 0.6 is 11.3 Å². The van der Waals surface area contributed by atoms with Crippen LogP contribution in [-0.4, -0.2) is 28.1 Å². The van der Waals surface area contributed by atoms with Gasteiger partial charge in [0, 0.05) is 11.6 Å². The largest absolute Gasteiger partial charge is 0.482 e. The quantitative estimate of drug-likeness (QED) is 0.766. The Bertz CT molecular complexity index is 860. The van der Waals surface area contributed by atoms with Gasteiger partial charge in [-0.1, -0.05) is 12.1 Å². The number of rotatable bonds is 3. The van der Waals surface area contributed by atoms with Crippen molar-refractivity contribution in [3.05, 3.63) is 48.0 Å². The van der Waals surface area contributed by atoms with Crippen LogP contribution in [0.3, 0.4) is 0 Å². The Hall–Kier alpha value is -2.80. The summed E-state index contributed by atoms with van der Waals surface area (Å²) >= 11 is 1.37. The second-order valence-corrected chi connectivity index (χ2v) is 6.28. The van der Waals surface area contributed by atoms with E-state index in [-0.39, 0.29) is 12.0 Å².